The highest BCUT2D eigenvalue weighted by Gasteiger charge is 2.06. The molecule has 0 unspecified atom stereocenters. The molecule has 0 radical (unpaired) electrons. The number of carbonyl (C=O) groups is 1. The smallest absolute Gasteiger partial charge is 0.303 e. The van der Waals surface area contributed by atoms with Crippen LogP contribution >= 0.6 is 0 Å². The molecule has 0 rings (SSSR count). The number of carbonyl (C=O) groups excluding carboxylic acids is 1. The topological polar surface area (TPSA) is 26.3 Å². The molecule has 0 heterocycles. The van der Waals surface area contributed by atoms with Gasteiger partial charge in [0.15, 0.2) is 0 Å². The Morgan fingerprint density at radius 1 is 1.43 bits per heavy atom. The van der Waals surface area contributed by atoms with E-state index in [0.717, 1.165) is 0 Å². The average Bonchev–Trinajstić information content (AvgIpc) is 1.95. The molecule has 0 bridgehead atoms. The summed E-state index contributed by atoms with van der Waals surface area (Å²) in [6, 6.07) is 0. The Hall–Kier alpha value is -1.01. The molecule has 0 aliphatic heterocycles. The summed E-state index contributed by atoms with van der Waals surface area (Å²) in [6.07, 6.45) is 3.35. The van der Waals surface area contributed by atoms with Gasteiger partial charge in [-0.15, -0.1) is 5.54 Å². The maximum Gasteiger partial charge on any atom is 0.303 e. The fourth-order valence-corrected chi connectivity index (χ4v) is 1.26. The van der Waals surface area contributed by atoms with Crippen molar-refractivity contribution in [3.05, 3.63) is 12.2 Å². The van der Waals surface area contributed by atoms with E-state index in [2.05, 4.69) is 31.1 Å². The van der Waals surface area contributed by atoms with Crippen LogP contribution in [0.4, 0.5) is 0 Å². The van der Waals surface area contributed by atoms with Gasteiger partial charge in [-0.05, 0) is 19.1 Å². The van der Waals surface area contributed by atoms with Gasteiger partial charge in [0, 0.05) is 6.92 Å². The summed E-state index contributed by atoms with van der Waals surface area (Å²) >= 11 is 0. The summed E-state index contributed by atoms with van der Waals surface area (Å²) in [5.74, 6) is 2.71. The van der Waals surface area contributed by atoms with Crippen LogP contribution in [0.2, 0.25) is 19.6 Å². The van der Waals surface area contributed by atoms with Gasteiger partial charge in [-0.1, -0.05) is 25.6 Å². The second-order valence-corrected chi connectivity index (χ2v) is 8.94. The van der Waals surface area contributed by atoms with E-state index in [1.54, 1.807) is 12.2 Å². The van der Waals surface area contributed by atoms with E-state index in [1.165, 1.54) is 6.92 Å². The quantitative estimate of drug-likeness (QED) is 0.397. The molecule has 0 aliphatic rings. The fourth-order valence-electron chi connectivity index (χ4n) is 0.743. The van der Waals surface area contributed by atoms with Crippen molar-refractivity contribution in [3.63, 3.8) is 0 Å². The van der Waals surface area contributed by atoms with Gasteiger partial charge < -0.3 is 4.74 Å². The van der Waals surface area contributed by atoms with E-state index in [1.807, 2.05) is 6.92 Å². The minimum absolute atomic E-state index is 0.191. The number of allylic oxidation sites excluding steroid dienone is 1. The maximum absolute atomic E-state index is 10.6. The SMILES string of the molecule is CC(=O)O[C@@H](C)/C=C/C#C[Si](C)(C)C. The van der Waals surface area contributed by atoms with Crippen LogP contribution in [-0.2, 0) is 9.53 Å². The van der Waals surface area contributed by atoms with Gasteiger partial charge >= 0.3 is 5.97 Å². The lowest BCUT2D eigenvalue weighted by Crippen LogP contribution is -2.16. The van der Waals surface area contributed by atoms with Crippen molar-refractivity contribution in [2.24, 2.45) is 0 Å². The highest BCUT2D eigenvalue weighted by atomic mass is 28.3. The van der Waals surface area contributed by atoms with Crippen molar-refractivity contribution in [1.29, 1.82) is 0 Å². The van der Waals surface area contributed by atoms with Crippen LogP contribution in [0, 0.1) is 11.5 Å². The molecule has 0 N–H and O–H groups in total. The van der Waals surface area contributed by atoms with E-state index in [-0.39, 0.29) is 12.1 Å². The number of hydrogen-bond acceptors (Lipinski definition) is 2. The van der Waals surface area contributed by atoms with Gasteiger partial charge in [0.05, 0.1) is 0 Å². The normalized spacial score (nSPS) is 13.2. The molecule has 78 valence electrons. The van der Waals surface area contributed by atoms with Crippen LogP contribution in [0.1, 0.15) is 13.8 Å². The monoisotopic (exact) mass is 210 g/mol. The lowest BCUT2D eigenvalue weighted by Gasteiger charge is -2.05. The highest BCUT2D eigenvalue weighted by Crippen LogP contribution is 1.97. The number of ether oxygens (including phenoxy) is 1. The standard InChI is InChI=1S/C11H18O2Si/c1-10(13-11(2)12)8-6-7-9-14(3,4)5/h6,8,10H,1-5H3/b8-6+/t10-/m0/s1. The van der Waals surface area contributed by atoms with Gasteiger partial charge in [-0.2, -0.15) is 0 Å². The number of hydrogen-bond donors (Lipinski definition) is 0. The minimum atomic E-state index is -1.28. The highest BCUT2D eigenvalue weighted by molar-refractivity contribution is 6.83. The van der Waals surface area contributed by atoms with Crippen LogP contribution in [-0.4, -0.2) is 20.1 Å². The molecule has 0 spiro atoms. The zero-order chi connectivity index (χ0) is 11.2. The molecule has 0 saturated carbocycles. The summed E-state index contributed by atoms with van der Waals surface area (Å²) in [5.41, 5.74) is 3.19. The second-order valence-electron chi connectivity index (χ2n) is 4.19. The van der Waals surface area contributed by atoms with Crippen molar-refractivity contribution in [2.75, 3.05) is 0 Å². The summed E-state index contributed by atoms with van der Waals surface area (Å²) in [5, 5.41) is 0. The van der Waals surface area contributed by atoms with Crippen molar-refractivity contribution >= 4 is 14.0 Å². The van der Waals surface area contributed by atoms with E-state index < -0.39 is 8.07 Å². The Balaban J connectivity index is 4.04. The van der Waals surface area contributed by atoms with E-state index >= 15 is 0 Å². The van der Waals surface area contributed by atoms with Crippen LogP contribution in [0.15, 0.2) is 12.2 Å². The van der Waals surface area contributed by atoms with Gasteiger partial charge in [0.2, 0.25) is 0 Å². The van der Waals surface area contributed by atoms with Crippen molar-refractivity contribution in [3.8, 4) is 11.5 Å². The molecule has 0 aliphatic carbocycles. The molecule has 14 heavy (non-hydrogen) atoms. The fraction of sp³-hybridized carbons (Fsp3) is 0.545. The van der Waals surface area contributed by atoms with E-state index in [4.69, 9.17) is 4.74 Å². The Morgan fingerprint density at radius 2 is 2.00 bits per heavy atom. The first-order valence-electron chi connectivity index (χ1n) is 4.68. The average molecular weight is 210 g/mol. The Morgan fingerprint density at radius 3 is 2.43 bits per heavy atom. The van der Waals surface area contributed by atoms with E-state index in [9.17, 15) is 4.79 Å². The summed E-state index contributed by atoms with van der Waals surface area (Å²) in [4.78, 5) is 10.6. The molecule has 0 aromatic carbocycles. The molecule has 0 aromatic rings. The predicted molar refractivity (Wildman–Crippen MR) is 61.5 cm³/mol. The summed E-state index contributed by atoms with van der Waals surface area (Å²) < 4.78 is 4.90. The summed E-state index contributed by atoms with van der Waals surface area (Å²) in [6.45, 7) is 9.77. The van der Waals surface area contributed by atoms with Gasteiger partial charge in [-0.3, -0.25) is 4.79 Å². The molecule has 3 heteroatoms. The largest absolute Gasteiger partial charge is 0.459 e. The summed E-state index contributed by atoms with van der Waals surface area (Å²) in [7, 11) is -1.28. The lowest BCUT2D eigenvalue weighted by molar-refractivity contribution is -0.143. The van der Waals surface area contributed by atoms with Crippen molar-refractivity contribution < 1.29 is 9.53 Å². The third-order valence-electron chi connectivity index (χ3n) is 1.25. The first kappa shape index (κ1) is 13.0. The Bertz CT molecular complexity index is 276. The molecular formula is C11H18O2Si. The Labute approximate surface area is 87.4 Å². The number of esters is 1. The van der Waals surface area contributed by atoms with Crippen molar-refractivity contribution in [1.82, 2.24) is 0 Å². The Kier molecular flexibility index (Phi) is 5.25. The van der Waals surface area contributed by atoms with Crippen LogP contribution < -0.4 is 0 Å². The van der Waals surface area contributed by atoms with Crippen LogP contribution in [0.3, 0.4) is 0 Å². The molecule has 0 aromatic heterocycles. The second kappa shape index (κ2) is 5.66. The molecule has 0 fully saturated rings. The molecular weight excluding hydrogens is 192 g/mol. The molecule has 0 saturated heterocycles. The first-order chi connectivity index (χ1) is 6.31. The first-order valence-corrected chi connectivity index (χ1v) is 8.18. The van der Waals surface area contributed by atoms with E-state index in [0.29, 0.717) is 0 Å². The molecule has 2 nitrogen and oxygen atoms in total. The van der Waals surface area contributed by atoms with Crippen LogP contribution in [0.5, 0.6) is 0 Å². The number of rotatable bonds is 2. The lowest BCUT2D eigenvalue weighted by atomic mass is 10.3. The van der Waals surface area contributed by atoms with Crippen molar-refractivity contribution in [2.45, 2.75) is 39.6 Å². The third kappa shape index (κ3) is 9.08. The maximum atomic E-state index is 10.6. The zero-order valence-corrected chi connectivity index (χ0v) is 10.5. The molecule has 1 atom stereocenters. The minimum Gasteiger partial charge on any atom is -0.459 e. The van der Waals surface area contributed by atoms with Crippen LogP contribution in [0.25, 0.3) is 0 Å². The van der Waals surface area contributed by atoms with Gasteiger partial charge in [0.25, 0.3) is 0 Å². The van der Waals surface area contributed by atoms with Gasteiger partial charge in [0.1, 0.15) is 14.2 Å². The third-order valence-corrected chi connectivity index (χ3v) is 2.14. The molecule has 0 amide bonds. The predicted octanol–water partition coefficient (Wildman–Crippen LogP) is 2.38. The van der Waals surface area contributed by atoms with Gasteiger partial charge in [-0.25, -0.2) is 0 Å². The zero-order valence-electron chi connectivity index (χ0n) is 9.55.